The molecule has 0 saturated carbocycles. The van der Waals surface area contributed by atoms with E-state index in [2.05, 4.69) is 41.9 Å². The Kier molecular flexibility index (Phi) is 12.2. The largest absolute Gasteiger partial charge is 0.361 e. The molecule has 296 valence electrons. The number of hydrogen-bond donors (Lipinski definition) is 8. The fourth-order valence-electron chi connectivity index (χ4n) is 7.19. The standard InChI is InChI=1S/C44H44N8O6/c53-39-25-47-42(56)38(22-30-24-46-34-18-10-8-16-32(30)34)52-44(58)36(20-28-13-5-2-6-14-28)50-40(54)26-48-41(55)37(21-29-23-45-33-17-9-7-15-31(29)33)51-43(57)35(49-39)19-27-11-3-1-4-12-27/h1-18,23-24,35-38,45-46H,19-22,25-26H2,(H,47,56)(H,48,55)(H,49,53)(H,50,54)(H,51,57)(H,52,58). The van der Waals surface area contributed by atoms with Crippen molar-refractivity contribution < 1.29 is 28.8 Å². The summed E-state index contributed by atoms with van der Waals surface area (Å²) in [6.45, 7) is -1.03. The molecule has 7 rings (SSSR count). The van der Waals surface area contributed by atoms with Crippen LogP contribution < -0.4 is 31.9 Å². The minimum atomic E-state index is -1.16. The summed E-state index contributed by atoms with van der Waals surface area (Å²) < 4.78 is 0. The minimum absolute atomic E-state index is 0.0577. The summed E-state index contributed by atoms with van der Waals surface area (Å²) in [4.78, 5) is 89.5. The summed E-state index contributed by atoms with van der Waals surface area (Å²) in [5.41, 5.74) is 4.66. The average molecular weight is 781 g/mol. The molecular weight excluding hydrogens is 737 g/mol. The lowest BCUT2D eigenvalue weighted by Gasteiger charge is -2.25. The first-order chi connectivity index (χ1) is 28.2. The van der Waals surface area contributed by atoms with Gasteiger partial charge in [0.05, 0.1) is 13.1 Å². The first-order valence-electron chi connectivity index (χ1n) is 19.1. The molecule has 1 fully saturated rings. The van der Waals surface area contributed by atoms with E-state index in [1.165, 1.54) is 0 Å². The highest BCUT2D eigenvalue weighted by Gasteiger charge is 2.31. The maximum Gasteiger partial charge on any atom is 0.243 e. The van der Waals surface area contributed by atoms with E-state index in [1.807, 2.05) is 84.9 Å². The van der Waals surface area contributed by atoms with Crippen LogP contribution in [0.15, 0.2) is 122 Å². The van der Waals surface area contributed by atoms with E-state index in [0.29, 0.717) is 0 Å². The number of amides is 6. The molecule has 14 heteroatoms. The van der Waals surface area contributed by atoms with Gasteiger partial charge in [-0.3, -0.25) is 28.8 Å². The van der Waals surface area contributed by atoms with Crippen LogP contribution in [0.4, 0.5) is 0 Å². The van der Waals surface area contributed by atoms with Crippen molar-refractivity contribution in [1.82, 2.24) is 41.9 Å². The topological polar surface area (TPSA) is 206 Å². The van der Waals surface area contributed by atoms with Crippen LogP contribution in [-0.2, 0) is 54.5 Å². The smallest absolute Gasteiger partial charge is 0.243 e. The molecule has 4 unspecified atom stereocenters. The highest BCUT2D eigenvalue weighted by Crippen LogP contribution is 2.21. The summed E-state index contributed by atoms with van der Waals surface area (Å²) in [5.74, 6) is -3.88. The van der Waals surface area contributed by atoms with Gasteiger partial charge < -0.3 is 41.9 Å². The number of nitrogens with one attached hydrogen (secondary N) is 8. The van der Waals surface area contributed by atoms with Gasteiger partial charge in [0.25, 0.3) is 0 Å². The van der Waals surface area contributed by atoms with E-state index < -0.39 is 72.7 Å². The Hall–Kier alpha value is -7.22. The van der Waals surface area contributed by atoms with Gasteiger partial charge in [0, 0.05) is 59.9 Å². The number of hydrogen-bond acceptors (Lipinski definition) is 6. The quantitative estimate of drug-likeness (QED) is 0.116. The van der Waals surface area contributed by atoms with Gasteiger partial charge in [0.2, 0.25) is 35.4 Å². The number of benzene rings is 4. The second-order valence-corrected chi connectivity index (χ2v) is 14.3. The molecule has 6 aromatic rings. The van der Waals surface area contributed by atoms with Crippen molar-refractivity contribution in [3.63, 3.8) is 0 Å². The molecular formula is C44H44N8O6. The predicted molar refractivity (Wildman–Crippen MR) is 218 cm³/mol. The van der Waals surface area contributed by atoms with E-state index in [4.69, 9.17) is 0 Å². The van der Waals surface area contributed by atoms with Crippen LogP contribution in [0.3, 0.4) is 0 Å². The lowest BCUT2D eigenvalue weighted by molar-refractivity contribution is -0.134. The Morgan fingerprint density at radius 1 is 0.397 bits per heavy atom. The minimum Gasteiger partial charge on any atom is -0.361 e. The van der Waals surface area contributed by atoms with Crippen LogP contribution in [0.25, 0.3) is 21.8 Å². The fourth-order valence-corrected chi connectivity index (χ4v) is 7.19. The van der Waals surface area contributed by atoms with E-state index in [0.717, 1.165) is 44.1 Å². The van der Waals surface area contributed by atoms with Gasteiger partial charge in [-0.25, -0.2) is 0 Å². The molecule has 6 amide bonds. The average Bonchev–Trinajstić information content (AvgIpc) is 3.85. The van der Waals surface area contributed by atoms with Crippen LogP contribution in [0.2, 0.25) is 0 Å². The van der Waals surface area contributed by atoms with Gasteiger partial charge in [-0.15, -0.1) is 0 Å². The molecule has 58 heavy (non-hydrogen) atoms. The third kappa shape index (κ3) is 9.77. The summed E-state index contributed by atoms with van der Waals surface area (Å²) in [5, 5.41) is 18.1. The van der Waals surface area contributed by atoms with E-state index in [1.54, 1.807) is 36.7 Å². The number of aromatic amines is 2. The summed E-state index contributed by atoms with van der Waals surface area (Å²) in [6.07, 6.45) is 3.79. The van der Waals surface area contributed by atoms with Crippen molar-refractivity contribution in [1.29, 1.82) is 0 Å². The van der Waals surface area contributed by atoms with Crippen molar-refractivity contribution in [3.05, 3.63) is 144 Å². The van der Waals surface area contributed by atoms with Crippen molar-refractivity contribution in [2.45, 2.75) is 49.9 Å². The zero-order valence-corrected chi connectivity index (χ0v) is 31.5. The first kappa shape index (κ1) is 39.0. The van der Waals surface area contributed by atoms with Gasteiger partial charge in [-0.1, -0.05) is 97.1 Å². The molecule has 0 spiro atoms. The third-order valence-electron chi connectivity index (χ3n) is 10.2. The number of carbonyl (C=O) groups is 6. The Morgan fingerprint density at radius 2 is 0.759 bits per heavy atom. The van der Waals surface area contributed by atoms with Crippen molar-refractivity contribution in [2.24, 2.45) is 0 Å². The number of fused-ring (bicyclic) bond motifs is 2. The second kappa shape index (κ2) is 18.2. The summed E-state index contributed by atoms with van der Waals surface area (Å²) >= 11 is 0. The Morgan fingerprint density at radius 3 is 1.17 bits per heavy atom. The number of aromatic nitrogens is 2. The molecule has 0 bridgehead atoms. The highest BCUT2D eigenvalue weighted by molar-refractivity contribution is 5.98. The van der Waals surface area contributed by atoms with Crippen LogP contribution in [0, 0.1) is 0 Å². The molecule has 1 aliphatic rings. The van der Waals surface area contributed by atoms with Crippen LogP contribution in [0.1, 0.15) is 22.3 Å². The number of rotatable bonds is 8. The van der Waals surface area contributed by atoms with E-state index in [-0.39, 0.29) is 25.7 Å². The Labute approximate surface area is 333 Å². The molecule has 3 heterocycles. The molecule has 2 aromatic heterocycles. The predicted octanol–water partition coefficient (Wildman–Crippen LogP) is 2.11. The second-order valence-electron chi connectivity index (χ2n) is 14.3. The molecule has 0 radical (unpaired) electrons. The molecule has 4 atom stereocenters. The van der Waals surface area contributed by atoms with Gasteiger partial charge in [0.1, 0.15) is 24.2 Å². The molecule has 8 N–H and O–H groups in total. The molecule has 1 aliphatic heterocycles. The zero-order chi connectivity index (χ0) is 40.4. The zero-order valence-electron chi connectivity index (χ0n) is 31.5. The van der Waals surface area contributed by atoms with Crippen molar-refractivity contribution in [2.75, 3.05) is 13.1 Å². The molecule has 4 aromatic carbocycles. The van der Waals surface area contributed by atoms with Crippen LogP contribution in [0.5, 0.6) is 0 Å². The Balaban J connectivity index is 1.19. The number of carbonyl (C=O) groups excluding carboxylic acids is 6. The maximum atomic E-state index is 14.1. The first-order valence-corrected chi connectivity index (χ1v) is 19.1. The van der Waals surface area contributed by atoms with Gasteiger partial charge in [-0.05, 0) is 34.4 Å². The number of H-pyrrole nitrogens is 2. The molecule has 0 aliphatic carbocycles. The van der Waals surface area contributed by atoms with Crippen LogP contribution in [-0.4, -0.2) is 82.7 Å². The Bertz CT molecular complexity index is 2260. The highest BCUT2D eigenvalue weighted by atomic mass is 16.2. The third-order valence-corrected chi connectivity index (χ3v) is 10.2. The van der Waals surface area contributed by atoms with Gasteiger partial charge in [-0.2, -0.15) is 0 Å². The SMILES string of the molecule is O=C1CNC(=O)C(Cc2c[nH]c3ccccc23)NC(=O)C(Cc2ccccc2)NC(=O)CNC(=O)C(Cc2c[nH]c3ccccc23)NC(=O)C(Cc2ccccc2)N1. The monoisotopic (exact) mass is 780 g/mol. The lowest BCUT2D eigenvalue weighted by Crippen LogP contribution is -2.59. The number of para-hydroxylation sites is 2. The normalized spacial score (nSPS) is 20.2. The van der Waals surface area contributed by atoms with Gasteiger partial charge >= 0.3 is 0 Å². The van der Waals surface area contributed by atoms with E-state index in [9.17, 15) is 28.8 Å². The van der Waals surface area contributed by atoms with Crippen molar-refractivity contribution in [3.8, 4) is 0 Å². The maximum absolute atomic E-state index is 14.1. The fraction of sp³-hybridized carbons (Fsp3) is 0.227. The van der Waals surface area contributed by atoms with E-state index >= 15 is 0 Å². The summed E-state index contributed by atoms with van der Waals surface area (Å²) in [6, 6.07) is 28.6. The van der Waals surface area contributed by atoms with Gasteiger partial charge in [0.15, 0.2) is 0 Å². The summed E-state index contributed by atoms with van der Waals surface area (Å²) in [7, 11) is 0. The van der Waals surface area contributed by atoms with Crippen LogP contribution >= 0.6 is 0 Å². The molecule has 1 saturated heterocycles. The lowest BCUT2D eigenvalue weighted by atomic mass is 10.0. The molecule has 14 nitrogen and oxygen atoms in total. The van der Waals surface area contributed by atoms with Crippen molar-refractivity contribution >= 4 is 57.2 Å².